The van der Waals surface area contributed by atoms with Gasteiger partial charge < -0.3 is 10.1 Å². The summed E-state index contributed by atoms with van der Waals surface area (Å²) in [7, 11) is -1.95. The number of benzene rings is 1. The summed E-state index contributed by atoms with van der Waals surface area (Å²) in [6.45, 7) is 0.652. The van der Waals surface area contributed by atoms with Crippen molar-refractivity contribution in [2.45, 2.75) is 17.1 Å². The fraction of sp³-hybridized carbons (Fsp3) is 0.353. The van der Waals surface area contributed by atoms with Gasteiger partial charge in [0.2, 0.25) is 5.91 Å². The van der Waals surface area contributed by atoms with E-state index >= 15 is 0 Å². The normalized spacial score (nSPS) is 18.7. The Kier molecular flexibility index (Phi) is 5.41. The van der Waals surface area contributed by atoms with Gasteiger partial charge in [-0.25, -0.2) is 8.42 Å². The number of hydrogen-bond acceptors (Lipinski definition) is 5. The quantitative estimate of drug-likeness (QED) is 0.865. The van der Waals surface area contributed by atoms with E-state index in [0.29, 0.717) is 35.0 Å². The maximum Gasteiger partial charge on any atom is 0.252 e. The number of carbonyl (C=O) groups is 1. The third-order valence-corrected chi connectivity index (χ3v) is 7.42. The van der Waals surface area contributed by atoms with E-state index in [4.69, 9.17) is 4.74 Å². The molecule has 1 aliphatic heterocycles. The molecule has 3 rings (SSSR count). The summed E-state index contributed by atoms with van der Waals surface area (Å²) < 4.78 is 32.2. The molecule has 134 valence electrons. The van der Waals surface area contributed by atoms with Crippen LogP contribution >= 0.6 is 11.3 Å². The molecule has 1 atom stereocenters. The number of carbonyl (C=O) groups excluding carboxylic acids is 1. The van der Waals surface area contributed by atoms with Gasteiger partial charge in [0, 0.05) is 24.8 Å². The van der Waals surface area contributed by atoms with Gasteiger partial charge in [0.25, 0.3) is 10.0 Å². The maximum absolute atomic E-state index is 12.6. The number of nitrogens with zero attached hydrogens (tertiary/aromatic N) is 1. The van der Waals surface area contributed by atoms with Crippen LogP contribution in [0.1, 0.15) is 12.8 Å². The third-order valence-electron chi connectivity index (χ3n) is 4.18. The van der Waals surface area contributed by atoms with Crippen molar-refractivity contribution in [1.29, 1.82) is 0 Å². The van der Waals surface area contributed by atoms with Crippen LogP contribution in [-0.2, 0) is 14.8 Å². The van der Waals surface area contributed by atoms with E-state index in [1.54, 1.807) is 48.9 Å². The Morgan fingerprint density at radius 2 is 2.16 bits per heavy atom. The van der Waals surface area contributed by atoms with Gasteiger partial charge in [0.15, 0.2) is 0 Å². The fourth-order valence-electron chi connectivity index (χ4n) is 2.86. The highest BCUT2D eigenvalue weighted by atomic mass is 32.2. The molecule has 0 bridgehead atoms. The fourth-order valence-corrected chi connectivity index (χ4v) is 5.53. The van der Waals surface area contributed by atoms with Crippen molar-refractivity contribution < 1.29 is 17.9 Å². The molecule has 0 aliphatic carbocycles. The molecular weight excluding hydrogens is 360 g/mol. The SMILES string of the molecule is COc1cccc(NC(=O)[C@H]2CCCN(S(=O)(=O)c3cccs3)C2)c1. The van der Waals surface area contributed by atoms with Crippen LogP contribution < -0.4 is 10.1 Å². The van der Waals surface area contributed by atoms with Crippen molar-refractivity contribution in [3.8, 4) is 5.75 Å². The van der Waals surface area contributed by atoms with Gasteiger partial charge in [-0.2, -0.15) is 4.31 Å². The van der Waals surface area contributed by atoms with Gasteiger partial charge >= 0.3 is 0 Å². The predicted octanol–water partition coefficient (Wildman–Crippen LogP) is 2.80. The zero-order valence-corrected chi connectivity index (χ0v) is 15.5. The number of amides is 1. The second kappa shape index (κ2) is 7.55. The Balaban J connectivity index is 1.69. The van der Waals surface area contributed by atoms with Crippen molar-refractivity contribution in [3.05, 3.63) is 41.8 Å². The Morgan fingerprint density at radius 1 is 1.32 bits per heavy atom. The van der Waals surface area contributed by atoms with E-state index in [-0.39, 0.29) is 18.4 Å². The molecule has 0 saturated carbocycles. The van der Waals surface area contributed by atoms with Gasteiger partial charge in [-0.3, -0.25) is 4.79 Å². The molecular formula is C17H20N2O4S2. The minimum Gasteiger partial charge on any atom is -0.497 e. The highest BCUT2D eigenvalue weighted by Crippen LogP contribution is 2.27. The summed E-state index contributed by atoms with van der Waals surface area (Å²) in [6.07, 6.45) is 1.34. The Labute approximate surface area is 151 Å². The summed E-state index contributed by atoms with van der Waals surface area (Å²) in [4.78, 5) is 12.6. The molecule has 0 spiro atoms. The van der Waals surface area contributed by atoms with E-state index in [1.165, 1.54) is 15.6 Å². The van der Waals surface area contributed by atoms with Crippen molar-refractivity contribution in [3.63, 3.8) is 0 Å². The standard InChI is InChI=1S/C17H20N2O4S2/c1-23-15-7-2-6-14(11-15)18-17(20)13-5-3-9-19(12-13)25(21,22)16-8-4-10-24-16/h2,4,6-8,10-11,13H,3,5,9,12H2,1H3,(H,18,20)/t13-/m0/s1. The minimum atomic E-state index is -3.52. The number of sulfonamides is 1. The van der Waals surface area contributed by atoms with Crippen molar-refractivity contribution in [2.75, 3.05) is 25.5 Å². The van der Waals surface area contributed by atoms with Crippen molar-refractivity contribution in [1.82, 2.24) is 4.31 Å². The minimum absolute atomic E-state index is 0.167. The molecule has 1 fully saturated rings. The second-order valence-corrected chi connectivity index (χ2v) is 8.97. The van der Waals surface area contributed by atoms with Crippen LogP contribution in [0.5, 0.6) is 5.75 Å². The molecule has 1 saturated heterocycles. The van der Waals surface area contributed by atoms with E-state index in [2.05, 4.69) is 5.32 Å². The summed E-state index contributed by atoms with van der Waals surface area (Å²) in [5.41, 5.74) is 0.641. The van der Waals surface area contributed by atoms with Gasteiger partial charge in [0.05, 0.1) is 13.0 Å². The number of methoxy groups -OCH3 is 1. The van der Waals surface area contributed by atoms with Crippen molar-refractivity contribution >= 4 is 33.0 Å². The van der Waals surface area contributed by atoms with Gasteiger partial charge in [0.1, 0.15) is 9.96 Å². The Morgan fingerprint density at radius 3 is 2.88 bits per heavy atom. The molecule has 1 amide bonds. The van der Waals surface area contributed by atoms with Crippen LogP contribution in [0.15, 0.2) is 46.0 Å². The van der Waals surface area contributed by atoms with Crippen LogP contribution in [0, 0.1) is 5.92 Å². The number of nitrogens with one attached hydrogen (secondary N) is 1. The molecule has 2 heterocycles. The van der Waals surface area contributed by atoms with Gasteiger partial charge in [-0.05, 0) is 36.4 Å². The third kappa shape index (κ3) is 4.02. The lowest BCUT2D eigenvalue weighted by Gasteiger charge is -2.30. The van der Waals surface area contributed by atoms with Crippen LogP contribution in [0.2, 0.25) is 0 Å². The molecule has 6 nitrogen and oxygen atoms in total. The van der Waals surface area contributed by atoms with Crippen LogP contribution in [0.4, 0.5) is 5.69 Å². The highest BCUT2D eigenvalue weighted by Gasteiger charge is 2.33. The molecule has 1 aromatic carbocycles. The maximum atomic E-state index is 12.6. The second-order valence-electron chi connectivity index (χ2n) is 5.86. The lowest BCUT2D eigenvalue weighted by atomic mass is 9.98. The first-order valence-electron chi connectivity index (χ1n) is 7.99. The summed E-state index contributed by atoms with van der Waals surface area (Å²) in [5.74, 6) is 0.123. The van der Waals surface area contributed by atoms with Crippen LogP contribution in [-0.4, -0.2) is 38.8 Å². The largest absolute Gasteiger partial charge is 0.497 e. The number of anilines is 1. The molecule has 1 aliphatic rings. The van der Waals surface area contributed by atoms with E-state index in [9.17, 15) is 13.2 Å². The number of hydrogen-bond donors (Lipinski definition) is 1. The number of rotatable bonds is 5. The summed E-state index contributed by atoms with van der Waals surface area (Å²) in [6, 6.07) is 10.4. The van der Waals surface area contributed by atoms with Gasteiger partial charge in [-0.1, -0.05) is 12.1 Å². The molecule has 0 unspecified atom stereocenters. The number of ether oxygens (including phenoxy) is 1. The van der Waals surface area contributed by atoms with Crippen LogP contribution in [0.3, 0.4) is 0 Å². The average molecular weight is 380 g/mol. The van der Waals surface area contributed by atoms with Gasteiger partial charge in [-0.15, -0.1) is 11.3 Å². The highest BCUT2D eigenvalue weighted by molar-refractivity contribution is 7.91. The zero-order chi connectivity index (χ0) is 17.9. The first-order chi connectivity index (χ1) is 12.0. The Bertz CT molecular complexity index is 834. The first-order valence-corrected chi connectivity index (χ1v) is 10.3. The molecule has 8 heteroatoms. The molecule has 0 radical (unpaired) electrons. The number of thiophene rings is 1. The smallest absolute Gasteiger partial charge is 0.252 e. The Hall–Kier alpha value is -1.90. The van der Waals surface area contributed by atoms with E-state index in [0.717, 1.165) is 0 Å². The molecule has 1 aromatic heterocycles. The van der Waals surface area contributed by atoms with Crippen LogP contribution in [0.25, 0.3) is 0 Å². The van der Waals surface area contributed by atoms with E-state index < -0.39 is 10.0 Å². The molecule has 25 heavy (non-hydrogen) atoms. The number of piperidine rings is 1. The lowest BCUT2D eigenvalue weighted by molar-refractivity contribution is -0.120. The predicted molar refractivity (Wildman–Crippen MR) is 97.4 cm³/mol. The summed E-state index contributed by atoms with van der Waals surface area (Å²) >= 11 is 1.20. The molecule has 1 N–H and O–H groups in total. The van der Waals surface area contributed by atoms with Crippen molar-refractivity contribution in [2.24, 2.45) is 5.92 Å². The molecule has 2 aromatic rings. The average Bonchev–Trinajstić information content (AvgIpc) is 3.17. The topological polar surface area (TPSA) is 75.7 Å². The zero-order valence-electron chi connectivity index (χ0n) is 13.8. The summed E-state index contributed by atoms with van der Waals surface area (Å²) in [5, 5.41) is 4.60. The monoisotopic (exact) mass is 380 g/mol. The first kappa shape index (κ1) is 17.9. The van der Waals surface area contributed by atoms with E-state index in [1.807, 2.05) is 0 Å². The lowest BCUT2D eigenvalue weighted by Crippen LogP contribution is -2.43.